The Hall–Kier alpha value is -2.50. The molecule has 0 spiro atoms. The SMILES string of the molecule is Cc1nnc2c3ccccc3[nH]c(=O)n2c1=O. The van der Waals surface area contributed by atoms with Gasteiger partial charge in [0.1, 0.15) is 5.69 Å². The van der Waals surface area contributed by atoms with Crippen molar-refractivity contribution in [3.8, 4) is 0 Å². The summed E-state index contributed by atoms with van der Waals surface area (Å²) in [6, 6.07) is 7.15. The summed E-state index contributed by atoms with van der Waals surface area (Å²) in [7, 11) is 0. The third-order valence-electron chi connectivity index (χ3n) is 2.63. The molecule has 0 atom stereocenters. The average molecular weight is 228 g/mol. The third-order valence-corrected chi connectivity index (χ3v) is 2.63. The summed E-state index contributed by atoms with van der Waals surface area (Å²) in [4.78, 5) is 26.3. The molecule has 3 rings (SSSR count). The molecule has 0 fully saturated rings. The number of benzene rings is 1. The molecule has 0 aliphatic carbocycles. The van der Waals surface area contributed by atoms with Gasteiger partial charge in [0, 0.05) is 5.39 Å². The maximum Gasteiger partial charge on any atom is 0.334 e. The second kappa shape index (κ2) is 3.24. The monoisotopic (exact) mass is 228 g/mol. The second-order valence-electron chi connectivity index (χ2n) is 3.73. The fraction of sp³-hybridized carbons (Fsp3) is 0.0909. The number of hydrogen-bond acceptors (Lipinski definition) is 4. The molecule has 0 saturated heterocycles. The number of nitrogens with one attached hydrogen (secondary N) is 1. The Bertz CT molecular complexity index is 847. The van der Waals surface area contributed by atoms with E-state index in [0.29, 0.717) is 10.9 Å². The van der Waals surface area contributed by atoms with Crippen LogP contribution in [0.1, 0.15) is 5.69 Å². The van der Waals surface area contributed by atoms with E-state index in [1.807, 2.05) is 6.07 Å². The van der Waals surface area contributed by atoms with Crippen LogP contribution >= 0.6 is 0 Å². The van der Waals surface area contributed by atoms with Gasteiger partial charge in [-0.25, -0.2) is 9.20 Å². The minimum absolute atomic E-state index is 0.197. The Morgan fingerprint density at radius 1 is 1.18 bits per heavy atom. The zero-order valence-electron chi connectivity index (χ0n) is 8.97. The van der Waals surface area contributed by atoms with E-state index in [1.54, 1.807) is 18.2 Å². The molecule has 3 aromatic rings. The van der Waals surface area contributed by atoms with Gasteiger partial charge in [0.05, 0.1) is 5.52 Å². The van der Waals surface area contributed by atoms with Gasteiger partial charge in [0.15, 0.2) is 5.65 Å². The Labute approximate surface area is 94.6 Å². The first kappa shape index (κ1) is 9.71. The van der Waals surface area contributed by atoms with E-state index in [2.05, 4.69) is 15.2 Å². The van der Waals surface area contributed by atoms with E-state index in [4.69, 9.17) is 0 Å². The van der Waals surface area contributed by atoms with E-state index in [9.17, 15) is 9.59 Å². The molecule has 6 nitrogen and oxygen atoms in total. The van der Waals surface area contributed by atoms with E-state index in [0.717, 1.165) is 4.40 Å². The van der Waals surface area contributed by atoms with Gasteiger partial charge in [-0.3, -0.25) is 4.79 Å². The largest absolute Gasteiger partial charge is 0.334 e. The number of aromatic amines is 1. The van der Waals surface area contributed by atoms with Crippen LogP contribution in [0.2, 0.25) is 0 Å². The van der Waals surface area contributed by atoms with Crippen LogP contribution < -0.4 is 11.2 Å². The summed E-state index contributed by atoms with van der Waals surface area (Å²) in [6.07, 6.45) is 0. The summed E-state index contributed by atoms with van der Waals surface area (Å²) < 4.78 is 1.00. The van der Waals surface area contributed by atoms with Crippen molar-refractivity contribution >= 4 is 16.6 Å². The molecule has 1 aromatic carbocycles. The molecule has 2 heterocycles. The topological polar surface area (TPSA) is 80.1 Å². The standard InChI is InChI=1S/C11H8N4O2/c1-6-10(16)15-9(14-13-6)7-4-2-3-5-8(7)12-11(15)17/h2-5H,1H3,(H,12,17). The highest BCUT2D eigenvalue weighted by molar-refractivity contribution is 5.90. The van der Waals surface area contributed by atoms with Crippen molar-refractivity contribution in [1.82, 2.24) is 19.6 Å². The number of hydrogen-bond donors (Lipinski definition) is 1. The molecule has 0 bridgehead atoms. The van der Waals surface area contributed by atoms with Crippen LogP contribution in [-0.2, 0) is 0 Å². The molecule has 0 saturated carbocycles. The van der Waals surface area contributed by atoms with Crippen molar-refractivity contribution in [3.63, 3.8) is 0 Å². The minimum Gasteiger partial charge on any atom is -0.306 e. The molecular formula is C11H8N4O2. The average Bonchev–Trinajstić information content (AvgIpc) is 2.33. The summed E-state index contributed by atoms with van der Waals surface area (Å²) in [5.41, 5.74) is 0.169. The zero-order chi connectivity index (χ0) is 12.0. The van der Waals surface area contributed by atoms with Crippen LogP contribution in [-0.4, -0.2) is 19.6 Å². The maximum atomic E-state index is 11.8. The molecule has 0 amide bonds. The van der Waals surface area contributed by atoms with E-state index in [-0.39, 0.29) is 11.3 Å². The highest BCUT2D eigenvalue weighted by atomic mass is 16.2. The predicted octanol–water partition coefficient (Wildman–Crippen LogP) is 0.239. The van der Waals surface area contributed by atoms with Crippen molar-refractivity contribution < 1.29 is 0 Å². The lowest BCUT2D eigenvalue weighted by atomic mass is 10.2. The molecule has 84 valence electrons. The fourth-order valence-electron chi connectivity index (χ4n) is 1.79. The number of rotatable bonds is 0. The second-order valence-corrected chi connectivity index (χ2v) is 3.73. The zero-order valence-corrected chi connectivity index (χ0v) is 8.97. The lowest BCUT2D eigenvalue weighted by Crippen LogP contribution is -2.31. The summed E-state index contributed by atoms with van der Waals surface area (Å²) in [5, 5.41) is 8.38. The van der Waals surface area contributed by atoms with Gasteiger partial charge in [-0.05, 0) is 19.1 Å². The van der Waals surface area contributed by atoms with Crippen LogP contribution in [0.4, 0.5) is 0 Å². The van der Waals surface area contributed by atoms with Crippen LogP contribution in [0.3, 0.4) is 0 Å². The van der Waals surface area contributed by atoms with Gasteiger partial charge in [-0.1, -0.05) is 12.1 Å². The lowest BCUT2D eigenvalue weighted by Gasteiger charge is -2.03. The van der Waals surface area contributed by atoms with Gasteiger partial charge in [0.2, 0.25) is 0 Å². The third kappa shape index (κ3) is 1.27. The van der Waals surface area contributed by atoms with Gasteiger partial charge in [-0.15, -0.1) is 10.2 Å². The molecular weight excluding hydrogens is 220 g/mol. The molecule has 0 radical (unpaired) electrons. The van der Waals surface area contributed by atoms with Crippen molar-refractivity contribution in [2.75, 3.05) is 0 Å². The smallest absolute Gasteiger partial charge is 0.306 e. The van der Waals surface area contributed by atoms with Gasteiger partial charge >= 0.3 is 5.69 Å². The van der Waals surface area contributed by atoms with Crippen molar-refractivity contribution in [1.29, 1.82) is 0 Å². The summed E-state index contributed by atoms with van der Waals surface area (Å²) in [6.45, 7) is 1.52. The Balaban J connectivity index is 2.74. The van der Waals surface area contributed by atoms with Crippen molar-refractivity contribution in [3.05, 3.63) is 50.8 Å². The first-order valence-corrected chi connectivity index (χ1v) is 5.05. The molecule has 1 N–H and O–H groups in total. The van der Waals surface area contributed by atoms with Crippen molar-refractivity contribution in [2.24, 2.45) is 0 Å². The number of para-hydroxylation sites is 1. The van der Waals surface area contributed by atoms with E-state index in [1.165, 1.54) is 6.92 Å². The van der Waals surface area contributed by atoms with Crippen molar-refractivity contribution in [2.45, 2.75) is 6.92 Å². The van der Waals surface area contributed by atoms with Crippen LogP contribution in [0.15, 0.2) is 33.9 Å². The molecule has 6 heteroatoms. The van der Waals surface area contributed by atoms with E-state index < -0.39 is 11.2 Å². The van der Waals surface area contributed by atoms with Gasteiger partial charge < -0.3 is 4.98 Å². The molecule has 17 heavy (non-hydrogen) atoms. The summed E-state index contributed by atoms with van der Waals surface area (Å²) in [5.74, 6) is 0. The van der Waals surface area contributed by atoms with Crippen LogP contribution in [0.25, 0.3) is 16.6 Å². The number of fused-ring (bicyclic) bond motifs is 3. The molecule has 0 aliphatic rings. The van der Waals surface area contributed by atoms with Gasteiger partial charge in [-0.2, -0.15) is 0 Å². The predicted molar refractivity (Wildman–Crippen MR) is 62.1 cm³/mol. The van der Waals surface area contributed by atoms with Crippen LogP contribution in [0, 0.1) is 6.92 Å². The first-order valence-electron chi connectivity index (χ1n) is 5.05. The summed E-state index contributed by atoms with van der Waals surface area (Å²) >= 11 is 0. The van der Waals surface area contributed by atoms with Gasteiger partial charge in [0.25, 0.3) is 5.56 Å². The maximum absolute atomic E-state index is 11.8. The first-order chi connectivity index (χ1) is 8.18. The lowest BCUT2D eigenvalue weighted by molar-refractivity contribution is 0.857. The Kier molecular flexibility index (Phi) is 1.85. The Morgan fingerprint density at radius 3 is 2.76 bits per heavy atom. The molecule has 0 unspecified atom stereocenters. The highest BCUT2D eigenvalue weighted by Crippen LogP contribution is 2.11. The fourth-order valence-corrected chi connectivity index (χ4v) is 1.79. The number of nitrogens with zero attached hydrogens (tertiary/aromatic N) is 3. The number of aryl methyl sites for hydroxylation is 1. The molecule has 2 aromatic heterocycles. The normalized spacial score (nSPS) is 11.1. The number of aromatic nitrogens is 4. The molecule has 0 aliphatic heterocycles. The Morgan fingerprint density at radius 2 is 1.94 bits per heavy atom. The number of H-pyrrole nitrogens is 1. The quantitative estimate of drug-likeness (QED) is 0.559. The van der Waals surface area contributed by atoms with Crippen LogP contribution in [0.5, 0.6) is 0 Å². The van der Waals surface area contributed by atoms with E-state index >= 15 is 0 Å². The highest BCUT2D eigenvalue weighted by Gasteiger charge is 2.09. The minimum atomic E-state index is -0.498.